The van der Waals surface area contributed by atoms with Crippen LogP contribution in [0.2, 0.25) is 0 Å². The Morgan fingerprint density at radius 1 is 1.07 bits per heavy atom. The predicted molar refractivity (Wildman–Crippen MR) is 102 cm³/mol. The molecule has 1 amide bonds. The third-order valence-electron chi connectivity index (χ3n) is 3.77. The quantitative estimate of drug-likeness (QED) is 0.556. The van der Waals surface area contributed by atoms with E-state index in [2.05, 4.69) is 20.5 Å². The van der Waals surface area contributed by atoms with Gasteiger partial charge in [-0.2, -0.15) is 15.0 Å². The van der Waals surface area contributed by atoms with Crippen molar-refractivity contribution in [3.8, 4) is 11.4 Å². The van der Waals surface area contributed by atoms with Gasteiger partial charge in [-0.3, -0.25) is 4.79 Å². The second-order valence-corrected chi connectivity index (χ2v) is 6.30. The summed E-state index contributed by atoms with van der Waals surface area (Å²) in [6.07, 6.45) is 3.22. The molecule has 8 heteroatoms. The normalized spacial score (nSPS) is 10.5. The van der Waals surface area contributed by atoms with Crippen molar-refractivity contribution >= 4 is 22.9 Å². The Balaban J connectivity index is 1.46. The SMILES string of the molecule is O=C(Nc1ccc(-n2nccn2)cc1)c1ccccc1OCc1cscn1. The molecule has 0 radical (unpaired) electrons. The Bertz CT molecular complexity index is 1010. The van der Waals surface area contributed by atoms with Gasteiger partial charge in [0, 0.05) is 11.1 Å². The first-order valence-electron chi connectivity index (χ1n) is 8.16. The molecule has 0 atom stereocenters. The largest absolute Gasteiger partial charge is 0.486 e. The van der Waals surface area contributed by atoms with Gasteiger partial charge in [0.05, 0.1) is 34.8 Å². The highest BCUT2D eigenvalue weighted by Gasteiger charge is 2.13. The summed E-state index contributed by atoms with van der Waals surface area (Å²) in [5.74, 6) is 0.272. The van der Waals surface area contributed by atoms with Crippen molar-refractivity contribution < 1.29 is 9.53 Å². The van der Waals surface area contributed by atoms with Crippen LogP contribution in [0.15, 0.2) is 71.8 Å². The molecule has 1 N–H and O–H groups in total. The minimum Gasteiger partial charge on any atom is -0.486 e. The molecule has 4 aromatic rings. The van der Waals surface area contributed by atoms with Crippen LogP contribution in [-0.4, -0.2) is 25.9 Å². The maximum Gasteiger partial charge on any atom is 0.259 e. The number of anilines is 1. The highest BCUT2D eigenvalue weighted by atomic mass is 32.1. The summed E-state index contributed by atoms with van der Waals surface area (Å²) in [4.78, 5) is 18.4. The minimum absolute atomic E-state index is 0.242. The summed E-state index contributed by atoms with van der Waals surface area (Å²) in [6.45, 7) is 0.319. The van der Waals surface area contributed by atoms with E-state index in [0.29, 0.717) is 23.6 Å². The van der Waals surface area contributed by atoms with Crippen LogP contribution in [-0.2, 0) is 6.61 Å². The van der Waals surface area contributed by atoms with Gasteiger partial charge in [0.15, 0.2) is 0 Å². The van der Waals surface area contributed by atoms with Gasteiger partial charge in [-0.15, -0.1) is 11.3 Å². The number of nitrogens with zero attached hydrogens (tertiary/aromatic N) is 4. The van der Waals surface area contributed by atoms with Crippen molar-refractivity contribution in [1.29, 1.82) is 0 Å². The first-order valence-corrected chi connectivity index (χ1v) is 9.11. The molecular formula is C19H15N5O2S. The molecule has 0 spiro atoms. The molecule has 0 fully saturated rings. The summed E-state index contributed by atoms with van der Waals surface area (Å²) in [6, 6.07) is 14.4. The Hall–Kier alpha value is -3.52. The number of thiazole rings is 1. The van der Waals surface area contributed by atoms with E-state index in [1.807, 2.05) is 23.6 Å². The van der Waals surface area contributed by atoms with Gasteiger partial charge >= 0.3 is 0 Å². The van der Waals surface area contributed by atoms with E-state index in [0.717, 1.165) is 11.4 Å². The van der Waals surface area contributed by atoms with Gasteiger partial charge in [0.1, 0.15) is 12.4 Å². The Labute approximate surface area is 159 Å². The fourth-order valence-electron chi connectivity index (χ4n) is 2.47. The highest BCUT2D eigenvalue weighted by Crippen LogP contribution is 2.21. The van der Waals surface area contributed by atoms with E-state index in [1.165, 1.54) is 16.1 Å². The van der Waals surface area contributed by atoms with Crippen LogP contribution in [0, 0.1) is 0 Å². The molecule has 0 saturated carbocycles. The van der Waals surface area contributed by atoms with Crippen molar-refractivity contribution in [2.24, 2.45) is 0 Å². The number of rotatable bonds is 6. The third-order valence-corrected chi connectivity index (χ3v) is 4.40. The van der Waals surface area contributed by atoms with Crippen molar-refractivity contribution in [2.75, 3.05) is 5.32 Å². The molecule has 0 saturated heterocycles. The zero-order chi connectivity index (χ0) is 18.5. The van der Waals surface area contributed by atoms with Crippen LogP contribution in [0.5, 0.6) is 5.75 Å². The summed E-state index contributed by atoms with van der Waals surface area (Å²) in [5.41, 5.74) is 4.53. The number of nitrogens with one attached hydrogen (secondary N) is 1. The van der Waals surface area contributed by atoms with E-state index in [-0.39, 0.29) is 5.91 Å². The van der Waals surface area contributed by atoms with Gasteiger partial charge < -0.3 is 10.1 Å². The number of benzene rings is 2. The van der Waals surface area contributed by atoms with Gasteiger partial charge in [0.2, 0.25) is 0 Å². The van der Waals surface area contributed by atoms with Gasteiger partial charge in [-0.25, -0.2) is 4.98 Å². The fraction of sp³-hybridized carbons (Fsp3) is 0.0526. The molecule has 2 heterocycles. The van der Waals surface area contributed by atoms with E-state index < -0.39 is 0 Å². The van der Waals surface area contributed by atoms with Gasteiger partial charge in [-0.05, 0) is 36.4 Å². The molecular weight excluding hydrogens is 362 g/mol. The van der Waals surface area contributed by atoms with Crippen molar-refractivity contribution in [1.82, 2.24) is 20.0 Å². The molecule has 0 aliphatic heterocycles. The fourth-order valence-corrected chi connectivity index (χ4v) is 3.01. The maximum atomic E-state index is 12.7. The Morgan fingerprint density at radius 3 is 2.59 bits per heavy atom. The number of hydrogen-bond acceptors (Lipinski definition) is 6. The first-order chi connectivity index (χ1) is 13.3. The number of para-hydroxylation sites is 1. The molecule has 134 valence electrons. The lowest BCUT2D eigenvalue weighted by Crippen LogP contribution is -2.13. The van der Waals surface area contributed by atoms with Crippen molar-refractivity contribution in [3.05, 3.63) is 83.1 Å². The molecule has 2 aromatic heterocycles. The summed E-state index contributed by atoms with van der Waals surface area (Å²) >= 11 is 1.51. The smallest absolute Gasteiger partial charge is 0.259 e. The van der Waals surface area contributed by atoms with Gasteiger partial charge in [-0.1, -0.05) is 12.1 Å². The summed E-state index contributed by atoms with van der Waals surface area (Å²) in [7, 11) is 0. The molecule has 7 nitrogen and oxygen atoms in total. The zero-order valence-corrected chi connectivity index (χ0v) is 15.0. The second-order valence-electron chi connectivity index (χ2n) is 5.58. The third kappa shape index (κ3) is 4.01. The number of carbonyl (C=O) groups is 1. The molecule has 0 bridgehead atoms. The van der Waals surface area contributed by atoms with Crippen molar-refractivity contribution in [2.45, 2.75) is 6.61 Å². The lowest BCUT2D eigenvalue weighted by molar-refractivity contribution is 0.102. The van der Waals surface area contributed by atoms with Crippen molar-refractivity contribution in [3.63, 3.8) is 0 Å². The Morgan fingerprint density at radius 2 is 1.85 bits per heavy atom. The number of ether oxygens (including phenoxy) is 1. The molecule has 0 aliphatic carbocycles. The van der Waals surface area contributed by atoms with Crippen LogP contribution >= 0.6 is 11.3 Å². The number of aromatic nitrogens is 4. The molecule has 2 aromatic carbocycles. The molecule has 0 aliphatic rings. The zero-order valence-electron chi connectivity index (χ0n) is 14.1. The van der Waals surface area contributed by atoms with E-state index in [9.17, 15) is 4.79 Å². The lowest BCUT2D eigenvalue weighted by Gasteiger charge is -2.11. The lowest BCUT2D eigenvalue weighted by atomic mass is 10.2. The standard InChI is InChI=1S/C19H15N5O2S/c25-19(23-14-5-7-16(8-6-14)24-21-9-10-22-24)17-3-1-2-4-18(17)26-11-15-12-27-13-20-15/h1-10,12-13H,11H2,(H,23,25). The van der Waals surface area contributed by atoms with E-state index in [4.69, 9.17) is 4.74 Å². The summed E-state index contributed by atoms with van der Waals surface area (Å²) < 4.78 is 5.77. The average Bonchev–Trinajstić information content (AvgIpc) is 3.41. The van der Waals surface area contributed by atoms with Crippen LogP contribution in [0.4, 0.5) is 5.69 Å². The first kappa shape index (κ1) is 16.9. The van der Waals surface area contributed by atoms with E-state index in [1.54, 1.807) is 48.2 Å². The minimum atomic E-state index is -0.242. The van der Waals surface area contributed by atoms with Gasteiger partial charge in [0.25, 0.3) is 5.91 Å². The molecule has 27 heavy (non-hydrogen) atoms. The van der Waals surface area contributed by atoms with Crippen LogP contribution in [0.1, 0.15) is 16.1 Å². The number of hydrogen-bond donors (Lipinski definition) is 1. The molecule has 4 rings (SSSR count). The highest BCUT2D eigenvalue weighted by molar-refractivity contribution is 7.07. The second kappa shape index (κ2) is 7.79. The summed E-state index contributed by atoms with van der Waals surface area (Å²) in [5, 5.41) is 12.9. The number of amides is 1. The van der Waals surface area contributed by atoms with E-state index >= 15 is 0 Å². The topological polar surface area (TPSA) is 81.9 Å². The average molecular weight is 377 g/mol. The van der Waals surface area contributed by atoms with Crippen LogP contribution in [0.3, 0.4) is 0 Å². The predicted octanol–water partition coefficient (Wildman–Crippen LogP) is 3.56. The number of carbonyl (C=O) groups excluding carboxylic acids is 1. The van der Waals surface area contributed by atoms with Crippen LogP contribution in [0.25, 0.3) is 5.69 Å². The molecule has 0 unspecified atom stereocenters. The maximum absolute atomic E-state index is 12.7. The monoisotopic (exact) mass is 377 g/mol. The Kier molecular flexibility index (Phi) is 4.88. The van der Waals surface area contributed by atoms with Crippen LogP contribution < -0.4 is 10.1 Å².